The van der Waals surface area contributed by atoms with Crippen LogP contribution in [-0.4, -0.2) is 33.0 Å². The summed E-state index contributed by atoms with van der Waals surface area (Å²) in [5, 5.41) is 13.5. The third-order valence-corrected chi connectivity index (χ3v) is 3.34. The summed E-state index contributed by atoms with van der Waals surface area (Å²) in [6.45, 7) is 3.98. The molecule has 0 bridgehead atoms. The highest BCUT2D eigenvalue weighted by atomic mass is 32.1. The minimum atomic E-state index is -0.623. The fourth-order valence-corrected chi connectivity index (χ4v) is 2.34. The molecule has 0 aliphatic rings. The van der Waals surface area contributed by atoms with E-state index in [0.717, 1.165) is 0 Å². The highest BCUT2D eigenvalue weighted by molar-refractivity contribution is 7.07. The van der Waals surface area contributed by atoms with Crippen LogP contribution in [0, 0.1) is 5.92 Å². The van der Waals surface area contributed by atoms with Gasteiger partial charge in [0.1, 0.15) is 17.6 Å². The second-order valence-electron chi connectivity index (χ2n) is 4.99. The number of aromatic nitrogens is 3. The van der Waals surface area contributed by atoms with E-state index in [0.29, 0.717) is 17.9 Å². The third-order valence-electron chi connectivity index (χ3n) is 2.75. The van der Waals surface area contributed by atoms with Crippen LogP contribution in [0.4, 0.5) is 5.82 Å². The molecule has 2 amide bonds. The Hall–Kier alpha value is -2.22. The Bertz CT molecular complexity index is 580. The molecule has 0 saturated carbocycles. The number of nitrogens with one attached hydrogen (secondary N) is 3. The van der Waals surface area contributed by atoms with Gasteiger partial charge in [0.15, 0.2) is 0 Å². The predicted molar refractivity (Wildman–Crippen MR) is 80.0 cm³/mol. The molecule has 7 nitrogen and oxygen atoms in total. The van der Waals surface area contributed by atoms with Gasteiger partial charge in [-0.2, -0.15) is 5.10 Å². The van der Waals surface area contributed by atoms with E-state index in [1.165, 1.54) is 11.3 Å². The molecule has 0 spiro atoms. The van der Waals surface area contributed by atoms with Crippen LogP contribution in [0.1, 0.15) is 30.8 Å². The molecule has 0 fully saturated rings. The van der Waals surface area contributed by atoms with Crippen LogP contribution in [0.5, 0.6) is 0 Å². The van der Waals surface area contributed by atoms with E-state index < -0.39 is 6.04 Å². The van der Waals surface area contributed by atoms with Crippen molar-refractivity contribution in [2.75, 3.05) is 5.32 Å². The maximum Gasteiger partial charge on any atom is 0.271 e. The number of carbonyl (C=O) groups excluding carboxylic acids is 2. The van der Waals surface area contributed by atoms with Gasteiger partial charge in [-0.3, -0.25) is 14.7 Å². The van der Waals surface area contributed by atoms with E-state index in [4.69, 9.17) is 0 Å². The lowest BCUT2D eigenvalue weighted by molar-refractivity contribution is -0.118. The van der Waals surface area contributed by atoms with Crippen LogP contribution in [0.3, 0.4) is 0 Å². The van der Waals surface area contributed by atoms with Crippen LogP contribution in [0.25, 0.3) is 0 Å². The Balaban J connectivity index is 2.03. The fraction of sp³-hybridized carbons (Fsp3) is 0.385. The largest absolute Gasteiger partial charge is 0.339 e. The number of carbonyl (C=O) groups is 2. The van der Waals surface area contributed by atoms with Crippen molar-refractivity contribution in [1.29, 1.82) is 0 Å². The number of rotatable bonds is 6. The summed E-state index contributed by atoms with van der Waals surface area (Å²) in [4.78, 5) is 28.2. The quantitative estimate of drug-likeness (QED) is 0.755. The molecule has 21 heavy (non-hydrogen) atoms. The van der Waals surface area contributed by atoms with E-state index in [9.17, 15) is 9.59 Å². The molecule has 0 aliphatic heterocycles. The molecule has 0 unspecified atom stereocenters. The first-order chi connectivity index (χ1) is 10.1. The number of hydrogen-bond donors (Lipinski definition) is 3. The molecular weight excluding hydrogens is 290 g/mol. The molecule has 2 heterocycles. The van der Waals surface area contributed by atoms with E-state index >= 15 is 0 Å². The first kappa shape index (κ1) is 15.2. The van der Waals surface area contributed by atoms with Gasteiger partial charge in [0, 0.05) is 11.4 Å². The van der Waals surface area contributed by atoms with E-state index in [2.05, 4.69) is 25.8 Å². The molecule has 8 heteroatoms. The van der Waals surface area contributed by atoms with Gasteiger partial charge in [-0.1, -0.05) is 13.8 Å². The zero-order valence-electron chi connectivity index (χ0n) is 11.8. The van der Waals surface area contributed by atoms with Gasteiger partial charge < -0.3 is 10.6 Å². The Kier molecular flexibility index (Phi) is 5.04. The Labute approximate surface area is 126 Å². The highest BCUT2D eigenvalue weighted by Crippen LogP contribution is 2.09. The van der Waals surface area contributed by atoms with Crippen LogP contribution in [0.2, 0.25) is 0 Å². The number of nitrogens with zero attached hydrogens (tertiary/aromatic N) is 2. The maximum absolute atomic E-state index is 12.3. The van der Waals surface area contributed by atoms with Gasteiger partial charge in [0.05, 0.1) is 11.7 Å². The van der Waals surface area contributed by atoms with Gasteiger partial charge >= 0.3 is 0 Å². The summed E-state index contributed by atoms with van der Waals surface area (Å²) in [6, 6.07) is 1.02. The molecule has 0 radical (unpaired) electrons. The van der Waals surface area contributed by atoms with Crippen molar-refractivity contribution < 1.29 is 9.59 Å². The molecule has 3 N–H and O–H groups in total. The Morgan fingerprint density at radius 3 is 2.81 bits per heavy atom. The number of aromatic amines is 1. The summed E-state index contributed by atoms with van der Waals surface area (Å²) in [6.07, 6.45) is 2.08. The summed E-state index contributed by atoms with van der Waals surface area (Å²) in [5.74, 6) is 0.133. The number of hydrogen-bond acceptors (Lipinski definition) is 5. The lowest BCUT2D eigenvalue weighted by Crippen LogP contribution is -2.44. The highest BCUT2D eigenvalue weighted by Gasteiger charge is 2.23. The van der Waals surface area contributed by atoms with Crippen molar-refractivity contribution in [2.45, 2.75) is 26.3 Å². The topological polar surface area (TPSA) is 99.8 Å². The van der Waals surface area contributed by atoms with Crippen molar-refractivity contribution in [2.24, 2.45) is 5.92 Å². The van der Waals surface area contributed by atoms with Crippen LogP contribution in [-0.2, 0) is 4.79 Å². The standard InChI is InChI=1S/C13H17N5O2S/c1-8(2)5-9(12(19)17-11-3-4-15-18-11)16-13(20)10-6-21-7-14-10/h3-4,6-9H,5H2,1-2H3,(H,16,20)(H2,15,17,18,19)/t9-/m0/s1. The minimum absolute atomic E-state index is 0.262. The van der Waals surface area contributed by atoms with Crippen molar-refractivity contribution in [1.82, 2.24) is 20.5 Å². The van der Waals surface area contributed by atoms with Crippen LogP contribution < -0.4 is 10.6 Å². The van der Waals surface area contributed by atoms with Gasteiger partial charge in [-0.15, -0.1) is 11.3 Å². The van der Waals surface area contributed by atoms with Gasteiger partial charge in [0.25, 0.3) is 5.91 Å². The molecule has 0 aromatic carbocycles. The lowest BCUT2D eigenvalue weighted by atomic mass is 10.0. The van der Waals surface area contributed by atoms with Gasteiger partial charge in [-0.25, -0.2) is 4.98 Å². The molecule has 112 valence electrons. The number of anilines is 1. The number of H-pyrrole nitrogens is 1. The summed E-state index contributed by atoms with van der Waals surface area (Å²) in [7, 11) is 0. The molecule has 0 aliphatic carbocycles. The smallest absolute Gasteiger partial charge is 0.271 e. The van der Waals surface area contributed by atoms with E-state index in [-0.39, 0.29) is 17.7 Å². The zero-order valence-corrected chi connectivity index (χ0v) is 12.6. The lowest BCUT2D eigenvalue weighted by Gasteiger charge is -2.19. The predicted octanol–water partition coefficient (Wildman–Crippen LogP) is 1.65. The first-order valence-corrected chi connectivity index (χ1v) is 7.50. The number of thiazole rings is 1. The first-order valence-electron chi connectivity index (χ1n) is 6.55. The molecule has 1 atom stereocenters. The SMILES string of the molecule is CC(C)C[C@H](NC(=O)c1cscn1)C(=O)Nc1ccn[nH]1. The fourth-order valence-electron chi connectivity index (χ4n) is 1.81. The summed E-state index contributed by atoms with van der Waals surface area (Å²) >= 11 is 1.34. The normalized spacial score (nSPS) is 12.1. The van der Waals surface area contributed by atoms with Crippen molar-refractivity contribution in [3.63, 3.8) is 0 Å². The average Bonchev–Trinajstić information content (AvgIpc) is 3.10. The van der Waals surface area contributed by atoms with Crippen molar-refractivity contribution in [3.05, 3.63) is 28.8 Å². The van der Waals surface area contributed by atoms with Crippen LogP contribution in [0.15, 0.2) is 23.2 Å². The molecule has 2 aromatic rings. The van der Waals surface area contributed by atoms with E-state index in [1.807, 2.05) is 13.8 Å². The average molecular weight is 307 g/mol. The molecule has 2 aromatic heterocycles. The second-order valence-corrected chi connectivity index (χ2v) is 5.71. The van der Waals surface area contributed by atoms with E-state index in [1.54, 1.807) is 23.2 Å². The minimum Gasteiger partial charge on any atom is -0.339 e. The molecule has 0 saturated heterocycles. The molecule has 2 rings (SSSR count). The zero-order chi connectivity index (χ0) is 15.2. The monoisotopic (exact) mass is 307 g/mol. The summed E-state index contributed by atoms with van der Waals surface area (Å²) < 4.78 is 0. The third kappa shape index (κ3) is 4.38. The van der Waals surface area contributed by atoms with Crippen LogP contribution >= 0.6 is 11.3 Å². The van der Waals surface area contributed by atoms with Gasteiger partial charge in [-0.05, 0) is 12.3 Å². The van der Waals surface area contributed by atoms with Crippen molar-refractivity contribution in [3.8, 4) is 0 Å². The Morgan fingerprint density at radius 2 is 2.24 bits per heavy atom. The Morgan fingerprint density at radius 1 is 1.43 bits per heavy atom. The maximum atomic E-state index is 12.3. The van der Waals surface area contributed by atoms with Crippen molar-refractivity contribution >= 4 is 29.0 Å². The summed E-state index contributed by atoms with van der Waals surface area (Å²) in [5.41, 5.74) is 1.90. The number of amides is 2. The van der Waals surface area contributed by atoms with Gasteiger partial charge in [0.2, 0.25) is 5.91 Å². The molecular formula is C13H17N5O2S. The second kappa shape index (κ2) is 6.98.